The van der Waals surface area contributed by atoms with Crippen molar-refractivity contribution in [2.24, 2.45) is 0 Å². The lowest BCUT2D eigenvalue weighted by Crippen LogP contribution is -2.48. The lowest BCUT2D eigenvalue weighted by Gasteiger charge is -2.37. The standard InChI is InChI=1S/C24H40FN5O2Si2/c1-9-34(10-2,11-3)15-14-23(16-31-22(4,5)6)12-13-24(32-23,33(7)8)30-17-27-18-19(26)28-21(25)29-20(18)30/h17,33H,9-13,16H2,1-8H3,(H2,26,28,29)/t23-,24+/m1/s1. The van der Waals surface area contributed by atoms with E-state index in [1.54, 1.807) is 6.33 Å². The topological polar surface area (TPSA) is 88.1 Å². The molecule has 0 saturated carbocycles. The van der Waals surface area contributed by atoms with E-state index in [1.165, 1.54) is 0 Å². The van der Waals surface area contributed by atoms with Gasteiger partial charge in [-0.05, 0) is 51.7 Å². The number of hydrogen-bond acceptors (Lipinski definition) is 6. The first-order chi connectivity index (χ1) is 15.8. The Hall–Kier alpha value is -1.81. The fraction of sp³-hybridized carbons (Fsp3) is 0.708. The van der Waals surface area contributed by atoms with Crippen LogP contribution in [0.25, 0.3) is 11.2 Å². The van der Waals surface area contributed by atoms with Gasteiger partial charge in [0.25, 0.3) is 0 Å². The van der Waals surface area contributed by atoms with Crippen LogP contribution in [0.4, 0.5) is 10.2 Å². The second-order valence-corrected chi connectivity index (χ2v) is 18.9. The van der Waals surface area contributed by atoms with Crippen LogP contribution in [0.5, 0.6) is 0 Å². The van der Waals surface area contributed by atoms with Gasteiger partial charge in [0, 0.05) is 0 Å². The number of imidazole rings is 1. The number of nitrogens with zero attached hydrogens (tertiary/aromatic N) is 4. The van der Waals surface area contributed by atoms with Crippen LogP contribution in [0, 0.1) is 17.5 Å². The molecule has 1 fully saturated rings. The van der Waals surface area contributed by atoms with E-state index in [0.717, 1.165) is 31.0 Å². The molecule has 1 aliphatic rings. The van der Waals surface area contributed by atoms with Crippen molar-refractivity contribution in [1.29, 1.82) is 0 Å². The van der Waals surface area contributed by atoms with Crippen molar-refractivity contribution in [2.75, 3.05) is 12.3 Å². The number of rotatable bonds is 7. The van der Waals surface area contributed by atoms with E-state index in [0.29, 0.717) is 17.8 Å². The van der Waals surface area contributed by atoms with E-state index in [-0.39, 0.29) is 11.4 Å². The van der Waals surface area contributed by atoms with Crippen LogP contribution < -0.4 is 5.73 Å². The molecule has 2 aromatic rings. The normalized spacial score (nSPS) is 23.5. The van der Waals surface area contributed by atoms with Crippen LogP contribution in [0.3, 0.4) is 0 Å². The average Bonchev–Trinajstić information content (AvgIpc) is 3.37. The van der Waals surface area contributed by atoms with Crippen molar-refractivity contribution < 1.29 is 13.9 Å². The molecular formula is C24H40FN5O2Si2. The summed E-state index contributed by atoms with van der Waals surface area (Å²) < 4.78 is 29.3. The molecule has 3 rings (SSSR count). The summed E-state index contributed by atoms with van der Waals surface area (Å²) in [6.07, 6.45) is 2.26. The molecule has 0 radical (unpaired) electrons. The fourth-order valence-electron chi connectivity index (χ4n) is 4.67. The van der Waals surface area contributed by atoms with Crippen LogP contribution in [-0.4, -0.2) is 54.2 Å². The minimum atomic E-state index is -1.70. The molecule has 1 aliphatic heterocycles. The third-order valence-electron chi connectivity index (χ3n) is 7.29. The van der Waals surface area contributed by atoms with E-state index in [4.69, 9.17) is 15.2 Å². The van der Waals surface area contributed by atoms with Crippen molar-refractivity contribution >= 4 is 33.9 Å². The van der Waals surface area contributed by atoms with Crippen LogP contribution in [0.1, 0.15) is 54.4 Å². The first kappa shape index (κ1) is 26.8. The summed E-state index contributed by atoms with van der Waals surface area (Å²) in [5.74, 6) is 3.66. The highest BCUT2D eigenvalue weighted by Gasteiger charge is 2.53. The predicted molar refractivity (Wildman–Crippen MR) is 140 cm³/mol. The predicted octanol–water partition coefficient (Wildman–Crippen LogP) is 4.64. The maximum absolute atomic E-state index is 14.1. The van der Waals surface area contributed by atoms with E-state index in [2.05, 4.69) is 60.3 Å². The van der Waals surface area contributed by atoms with Gasteiger partial charge in [-0.3, -0.25) is 4.57 Å². The molecule has 10 heteroatoms. The molecule has 0 unspecified atom stereocenters. The van der Waals surface area contributed by atoms with Crippen molar-refractivity contribution in [3.05, 3.63) is 12.4 Å². The molecule has 0 bridgehead atoms. The molecule has 1 saturated heterocycles. The summed E-state index contributed by atoms with van der Waals surface area (Å²) in [4.78, 5) is 12.1. The Morgan fingerprint density at radius 3 is 2.41 bits per heavy atom. The zero-order valence-electron chi connectivity index (χ0n) is 22.0. The minimum absolute atomic E-state index is 0.0339. The lowest BCUT2D eigenvalue weighted by atomic mass is 10.0. The van der Waals surface area contributed by atoms with E-state index >= 15 is 0 Å². The highest BCUT2D eigenvalue weighted by Crippen LogP contribution is 2.45. The largest absolute Gasteiger partial charge is 0.382 e. The van der Waals surface area contributed by atoms with E-state index in [1.807, 2.05) is 25.3 Å². The first-order valence-corrected chi connectivity index (χ1v) is 17.9. The molecule has 3 heterocycles. The number of aromatic nitrogens is 4. The summed E-state index contributed by atoms with van der Waals surface area (Å²) in [5.41, 5.74) is 9.39. The lowest BCUT2D eigenvalue weighted by molar-refractivity contribution is -0.130. The van der Waals surface area contributed by atoms with Crippen LogP contribution >= 0.6 is 0 Å². The molecule has 2 atom stereocenters. The van der Waals surface area contributed by atoms with Crippen molar-refractivity contribution in [1.82, 2.24) is 19.5 Å². The second-order valence-electron chi connectivity index (χ2n) is 10.8. The third-order valence-corrected chi connectivity index (χ3v) is 14.5. The maximum Gasteiger partial charge on any atom is 0.312 e. The fourth-order valence-corrected chi connectivity index (χ4v) is 9.12. The van der Waals surface area contributed by atoms with Gasteiger partial charge in [0.05, 0.1) is 27.3 Å². The van der Waals surface area contributed by atoms with Gasteiger partial charge in [0.2, 0.25) is 0 Å². The number of nitrogens with two attached hydrogens (primary N) is 1. The molecule has 0 aromatic carbocycles. The Morgan fingerprint density at radius 2 is 1.85 bits per heavy atom. The summed E-state index contributed by atoms with van der Waals surface area (Å²) in [6.45, 7) is 17.7. The SMILES string of the molecule is CC[Si](C#C[C@@]1(COC(C)(C)C)CC[C@@](n2cnc3c(N)nc(F)nc32)([SiH](C)C)O1)(CC)CC. The molecule has 34 heavy (non-hydrogen) atoms. The molecule has 0 spiro atoms. The Labute approximate surface area is 205 Å². The highest BCUT2D eigenvalue weighted by atomic mass is 28.3. The van der Waals surface area contributed by atoms with Gasteiger partial charge in [-0.25, -0.2) is 4.98 Å². The summed E-state index contributed by atoms with van der Waals surface area (Å²) in [5, 5.41) is -0.674. The monoisotopic (exact) mass is 505 g/mol. The van der Waals surface area contributed by atoms with Gasteiger partial charge < -0.3 is 15.2 Å². The average molecular weight is 506 g/mol. The smallest absolute Gasteiger partial charge is 0.312 e. The zero-order valence-corrected chi connectivity index (χ0v) is 24.1. The zero-order chi connectivity index (χ0) is 25.4. The molecule has 2 N–H and O–H groups in total. The number of halogens is 1. The number of hydrogen-bond donors (Lipinski definition) is 1. The van der Waals surface area contributed by atoms with Gasteiger partial charge >= 0.3 is 6.08 Å². The van der Waals surface area contributed by atoms with Gasteiger partial charge in [-0.15, -0.1) is 5.54 Å². The molecular weight excluding hydrogens is 465 g/mol. The van der Waals surface area contributed by atoms with Gasteiger partial charge in [0.1, 0.15) is 13.4 Å². The second kappa shape index (κ2) is 9.68. The van der Waals surface area contributed by atoms with E-state index in [9.17, 15) is 4.39 Å². The summed E-state index contributed by atoms with van der Waals surface area (Å²) in [7, 11) is -3.26. The first-order valence-electron chi connectivity index (χ1n) is 12.4. The van der Waals surface area contributed by atoms with Crippen LogP contribution in [-0.2, 0) is 14.8 Å². The summed E-state index contributed by atoms with van der Waals surface area (Å²) >= 11 is 0. The molecule has 2 aromatic heterocycles. The molecule has 7 nitrogen and oxygen atoms in total. The Kier molecular flexibility index (Phi) is 7.63. The highest BCUT2D eigenvalue weighted by molar-refractivity contribution is 6.87. The number of anilines is 1. The van der Waals surface area contributed by atoms with Gasteiger partial charge in [-0.2, -0.15) is 14.4 Å². The van der Waals surface area contributed by atoms with Crippen LogP contribution in [0.2, 0.25) is 31.2 Å². The molecule has 188 valence electrons. The summed E-state index contributed by atoms with van der Waals surface area (Å²) in [6, 6.07) is 3.36. The quantitative estimate of drug-likeness (QED) is 0.335. The van der Waals surface area contributed by atoms with E-state index < -0.39 is 33.9 Å². The number of fused-ring (bicyclic) bond motifs is 1. The molecule has 0 aliphatic carbocycles. The Bertz CT molecular complexity index is 1080. The Balaban J connectivity index is 2.13. The van der Waals surface area contributed by atoms with Crippen molar-refractivity contribution in [3.63, 3.8) is 0 Å². The van der Waals surface area contributed by atoms with Crippen molar-refractivity contribution in [2.45, 2.75) is 102 Å². The van der Waals surface area contributed by atoms with Gasteiger partial charge in [-0.1, -0.05) is 39.8 Å². The van der Waals surface area contributed by atoms with Crippen LogP contribution in [0.15, 0.2) is 6.33 Å². The minimum Gasteiger partial charge on any atom is -0.382 e. The van der Waals surface area contributed by atoms with Gasteiger partial charge in [0.15, 0.2) is 22.6 Å². The molecule has 0 amide bonds. The maximum atomic E-state index is 14.1. The Morgan fingerprint density at radius 1 is 1.21 bits per heavy atom. The number of ether oxygens (including phenoxy) is 2. The van der Waals surface area contributed by atoms with Crippen molar-refractivity contribution in [3.8, 4) is 11.5 Å². The third kappa shape index (κ3) is 5.08. The number of nitrogen functional groups attached to an aromatic ring is 1.